The van der Waals surface area contributed by atoms with Crippen LogP contribution in [0.4, 0.5) is 26.3 Å². The van der Waals surface area contributed by atoms with Crippen LogP contribution in [0.25, 0.3) is 10.8 Å². The van der Waals surface area contributed by atoms with E-state index in [0.29, 0.717) is 36.7 Å². The lowest BCUT2D eigenvalue weighted by Gasteiger charge is -2.43. The van der Waals surface area contributed by atoms with Crippen LogP contribution in [0, 0.1) is 35.2 Å². The maximum atomic E-state index is 15.1. The van der Waals surface area contributed by atoms with Crippen LogP contribution >= 0.6 is 0 Å². The van der Waals surface area contributed by atoms with E-state index < -0.39 is 40.5 Å². The maximum Gasteiger partial charge on any atom is 0.419 e. The fourth-order valence-corrected chi connectivity index (χ4v) is 6.61. The summed E-state index contributed by atoms with van der Waals surface area (Å²) in [5, 5.41) is -0.933. The van der Waals surface area contributed by atoms with Gasteiger partial charge in [0.15, 0.2) is 0 Å². The monoisotopic (exact) mass is 484 g/mol. The number of alkyl halides is 3. The van der Waals surface area contributed by atoms with Crippen LogP contribution < -0.4 is 0 Å². The van der Waals surface area contributed by atoms with Crippen molar-refractivity contribution >= 4 is 10.8 Å². The molecule has 2 saturated carbocycles. The molecule has 0 radical (unpaired) electrons. The highest BCUT2D eigenvalue weighted by Crippen LogP contribution is 2.51. The molecule has 4 atom stereocenters. The van der Waals surface area contributed by atoms with Crippen LogP contribution in [-0.2, 0) is 6.18 Å². The van der Waals surface area contributed by atoms with Gasteiger partial charge in [-0.3, -0.25) is 0 Å². The van der Waals surface area contributed by atoms with Crippen molar-refractivity contribution in [3.63, 3.8) is 0 Å². The molecule has 34 heavy (non-hydrogen) atoms. The van der Waals surface area contributed by atoms with Crippen molar-refractivity contribution in [2.24, 2.45) is 17.8 Å². The van der Waals surface area contributed by atoms with Crippen molar-refractivity contribution < 1.29 is 26.3 Å². The quantitative estimate of drug-likeness (QED) is 0.271. The Morgan fingerprint density at radius 1 is 0.824 bits per heavy atom. The van der Waals surface area contributed by atoms with Gasteiger partial charge in [0.1, 0.15) is 17.5 Å². The lowest BCUT2D eigenvalue weighted by molar-refractivity contribution is -0.140. The first-order chi connectivity index (χ1) is 16.2. The number of halogens is 6. The summed E-state index contributed by atoms with van der Waals surface area (Å²) in [6, 6.07) is 2.53. The molecule has 4 unspecified atom stereocenters. The van der Waals surface area contributed by atoms with E-state index in [0.717, 1.165) is 31.7 Å². The second kappa shape index (κ2) is 10.5. The molecule has 2 aromatic carbocycles. The number of unbranched alkanes of at least 4 members (excludes halogenated alkanes) is 4. The molecule has 2 aliphatic rings. The van der Waals surface area contributed by atoms with Gasteiger partial charge in [-0.15, -0.1) is 0 Å². The summed E-state index contributed by atoms with van der Waals surface area (Å²) in [6.07, 6.45) is 7.83. The van der Waals surface area contributed by atoms with Gasteiger partial charge in [-0.1, -0.05) is 51.9 Å². The minimum Gasteiger partial charge on any atom is -0.207 e. The summed E-state index contributed by atoms with van der Waals surface area (Å²) in [6.45, 7) is 2.21. The highest BCUT2D eigenvalue weighted by molar-refractivity contribution is 5.86. The minimum atomic E-state index is -4.94. The normalized spacial score (nSPS) is 25.5. The largest absolute Gasteiger partial charge is 0.419 e. The molecule has 0 amide bonds. The molecule has 2 aromatic rings. The predicted octanol–water partition coefficient (Wildman–Crippen LogP) is 9.94. The van der Waals surface area contributed by atoms with Crippen molar-refractivity contribution in [1.29, 1.82) is 0 Å². The van der Waals surface area contributed by atoms with Crippen LogP contribution in [0.3, 0.4) is 0 Å². The Labute approximate surface area is 198 Å². The summed E-state index contributed by atoms with van der Waals surface area (Å²) in [7, 11) is 0. The average molecular weight is 485 g/mol. The van der Waals surface area contributed by atoms with E-state index in [2.05, 4.69) is 6.92 Å². The van der Waals surface area contributed by atoms with Gasteiger partial charge < -0.3 is 0 Å². The van der Waals surface area contributed by atoms with Gasteiger partial charge in [-0.2, -0.15) is 13.2 Å². The third kappa shape index (κ3) is 5.41. The molecule has 2 aliphatic carbocycles. The second-order valence-electron chi connectivity index (χ2n) is 10.6. The molecule has 0 spiro atoms. The first kappa shape index (κ1) is 25.4. The van der Waals surface area contributed by atoms with E-state index in [9.17, 15) is 22.0 Å². The second-order valence-corrected chi connectivity index (χ2v) is 10.6. The molecule has 2 fully saturated rings. The zero-order valence-electron chi connectivity index (χ0n) is 19.8. The summed E-state index contributed by atoms with van der Waals surface area (Å²) in [4.78, 5) is 0. The fraction of sp³-hybridized carbons (Fsp3) is 0.643. The average Bonchev–Trinajstić information content (AvgIpc) is 2.76. The van der Waals surface area contributed by atoms with Gasteiger partial charge in [0, 0.05) is 6.07 Å². The van der Waals surface area contributed by atoms with Crippen molar-refractivity contribution in [3.05, 3.63) is 46.8 Å². The van der Waals surface area contributed by atoms with Crippen molar-refractivity contribution in [2.45, 2.75) is 96.1 Å². The number of hydrogen-bond donors (Lipinski definition) is 0. The smallest absolute Gasteiger partial charge is 0.207 e. The van der Waals surface area contributed by atoms with E-state index in [-0.39, 0.29) is 10.9 Å². The lowest BCUT2D eigenvalue weighted by atomic mass is 9.63. The van der Waals surface area contributed by atoms with E-state index in [4.69, 9.17) is 0 Å². The number of fused-ring (bicyclic) bond motifs is 2. The zero-order valence-corrected chi connectivity index (χ0v) is 19.8. The molecule has 6 heteroatoms. The van der Waals surface area contributed by atoms with Gasteiger partial charge in [0.2, 0.25) is 0 Å². The van der Waals surface area contributed by atoms with Crippen LogP contribution in [0.1, 0.15) is 101 Å². The number of benzene rings is 2. The van der Waals surface area contributed by atoms with E-state index in [1.165, 1.54) is 44.6 Å². The zero-order chi connectivity index (χ0) is 24.5. The molecule has 0 aliphatic heterocycles. The molecule has 0 aromatic heterocycles. The molecule has 0 N–H and O–H groups in total. The van der Waals surface area contributed by atoms with Crippen LogP contribution in [-0.4, -0.2) is 0 Å². The Balaban J connectivity index is 1.52. The maximum absolute atomic E-state index is 15.1. The Bertz CT molecular complexity index is 995. The van der Waals surface area contributed by atoms with Crippen LogP contribution in [0.15, 0.2) is 18.2 Å². The van der Waals surface area contributed by atoms with E-state index in [1.54, 1.807) is 0 Å². The standard InChI is InChI=1S/C28H34F6/c1-2-3-4-5-6-7-17-8-9-19-13-20(11-10-18(19)12-17)23-15-21-14-22(29)16-24(30)25(21)27(31)26(23)28(32,33)34/h14-20H,2-13H2,1H3. The Morgan fingerprint density at radius 3 is 2.26 bits per heavy atom. The number of hydrogen-bond acceptors (Lipinski definition) is 0. The topological polar surface area (TPSA) is 0 Å². The van der Waals surface area contributed by atoms with Crippen molar-refractivity contribution in [2.75, 3.05) is 0 Å². The summed E-state index contributed by atoms with van der Waals surface area (Å²) >= 11 is 0. The highest BCUT2D eigenvalue weighted by Gasteiger charge is 2.43. The molecular weight excluding hydrogens is 450 g/mol. The minimum absolute atomic E-state index is 0.140. The Hall–Kier alpha value is -1.72. The highest BCUT2D eigenvalue weighted by atomic mass is 19.4. The summed E-state index contributed by atoms with van der Waals surface area (Å²) < 4.78 is 84.9. The molecule has 0 heterocycles. The first-order valence-corrected chi connectivity index (χ1v) is 12.9. The van der Waals surface area contributed by atoms with E-state index in [1.807, 2.05) is 0 Å². The number of rotatable bonds is 7. The third-order valence-electron chi connectivity index (χ3n) is 8.29. The molecular formula is C28H34F6. The van der Waals surface area contributed by atoms with Crippen LogP contribution in [0.2, 0.25) is 0 Å². The van der Waals surface area contributed by atoms with Crippen molar-refractivity contribution in [3.8, 4) is 0 Å². The van der Waals surface area contributed by atoms with Crippen LogP contribution in [0.5, 0.6) is 0 Å². The van der Waals surface area contributed by atoms with Gasteiger partial charge in [-0.05, 0) is 78.9 Å². The van der Waals surface area contributed by atoms with E-state index >= 15 is 4.39 Å². The summed E-state index contributed by atoms with van der Waals surface area (Å²) in [5.41, 5.74) is -1.52. The third-order valence-corrected chi connectivity index (χ3v) is 8.29. The lowest BCUT2D eigenvalue weighted by Crippen LogP contribution is -2.31. The molecule has 4 rings (SSSR count). The SMILES string of the molecule is CCCCCCCC1CCC2CC(c3cc4cc(F)cc(F)c4c(F)c3C(F)(F)F)CCC2C1. The molecule has 188 valence electrons. The predicted molar refractivity (Wildman–Crippen MR) is 123 cm³/mol. The van der Waals surface area contributed by atoms with Gasteiger partial charge in [0.25, 0.3) is 0 Å². The molecule has 0 saturated heterocycles. The Kier molecular flexibility index (Phi) is 7.83. The van der Waals surface area contributed by atoms with Gasteiger partial charge >= 0.3 is 6.18 Å². The first-order valence-electron chi connectivity index (χ1n) is 12.9. The van der Waals surface area contributed by atoms with Gasteiger partial charge in [-0.25, -0.2) is 13.2 Å². The molecule has 0 nitrogen and oxygen atoms in total. The fourth-order valence-electron chi connectivity index (χ4n) is 6.61. The molecule has 0 bridgehead atoms. The summed E-state index contributed by atoms with van der Waals surface area (Å²) in [5.74, 6) is -2.75. The van der Waals surface area contributed by atoms with Crippen molar-refractivity contribution in [1.82, 2.24) is 0 Å². The van der Waals surface area contributed by atoms with Gasteiger partial charge in [0.05, 0.1) is 10.9 Å². The Morgan fingerprint density at radius 2 is 1.53 bits per heavy atom.